The standard InChI is InChI=1S/C15H24N2O3S/c1-10(12-3-4-12)8-17-21(18,19)15-7-14(20-11(15)2)9-16-13-5-6-13/h7,10,12-13,16-17H,3-6,8-9H2,1-2H3. The highest BCUT2D eigenvalue weighted by molar-refractivity contribution is 7.89. The Balaban J connectivity index is 1.62. The average Bonchev–Trinajstić information content (AvgIpc) is 3.32. The number of hydrogen-bond acceptors (Lipinski definition) is 4. The van der Waals surface area contributed by atoms with E-state index in [1.807, 2.05) is 0 Å². The van der Waals surface area contributed by atoms with Gasteiger partial charge in [0.1, 0.15) is 16.4 Å². The number of rotatable bonds is 8. The molecule has 2 aliphatic rings. The molecule has 0 aromatic carbocycles. The maximum atomic E-state index is 12.4. The molecule has 2 N–H and O–H groups in total. The second-order valence-electron chi connectivity index (χ2n) is 6.45. The second kappa shape index (κ2) is 5.74. The Morgan fingerprint density at radius 1 is 1.33 bits per heavy atom. The third kappa shape index (κ3) is 3.87. The van der Waals surface area contributed by atoms with Gasteiger partial charge in [-0.1, -0.05) is 6.92 Å². The van der Waals surface area contributed by atoms with Gasteiger partial charge >= 0.3 is 0 Å². The van der Waals surface area contributed by atoms with E-state index in [0.29, 0.717) is 42.5 Å². The first-order valence-electron chi connectivity index (χ1n) is 7.78. The zero-order valence-corrected chi connectivity index (χ0v) is 13.5. The molecule has 6 heteroatoms. The fourth-order valence-electron chi connectivity index (χ4n) is 2.56. The third-order valence-electron chi connectivity index (χ3n) is 4.38. The van der Waals surface area contributed by atoms with E-state index in [1.54, 1.807) is 13.0 Å². The van der Waals surface area contributed by atoms with Gasteiger partial charge in [0, 0.05) is 18.7 Å². The lowest BCUT2D eigenvalue weighted by atomic mass is 10.1. The van der Waals surface area contributed by atoms with Gasteiger partial charge < -0.3 is 9.73 Å². The molecule has 2 fully saturated rings. The topological polar surface area (TPSA) is 71.3 Å². The van der Waals surface area contributed by atoms with E-state index in [0.717, 1.165) is 0 Å². The molecular weight excluding hydrogens is 288 g/mol. The summed E-state index contributed by atoms with van der Waals surface area (Å²) in [6, 6.07) is 2.22. The molecular formula is C15H24N2O3S. The van der Waals surface area contributed by atoms with E-state index < -0.39 is 10.0 Å². The molecule has 0 amide bonds. The van der Waals surface area contributed by atoms with Crippen molar-refractivity contribution >= 4 is 10.0 Å². The van der Waals surface area contributed by atoms with Crippen molar-refractivity contribution in [2.24, 2.45) is 11.8 Å². The van der Waals surface area contributed by atoms with E-state index in [9.17, 15) is 8.42 Å². The minimum Gasteiger partial charge on any atom is -0.464 e. The molecule has 2 saturated carbocycles. The van der Waals surface area contributed by atoms with Crippen LogP contribution in [0, 0.1) is 18.8 Å². The molecule has 1 unspecified atom stereocenters. The van der Waals surface area contributed by atoms with Crippen molar-refractivity contribution in [1.29, 1.82) is 0 Å². The van der Waals surface area contributed by atoms with E-state index in [1.165, 1.54) is 25.7 Å². The summed E-state index contributed by atoms with van der Waals surface area (Å²) in [5, 5.41) is 3.33. The maximum Gasteiger partial charge on any atom is 0.244 e. The first kappa shape index (κ1) is 15.1. The fraction of sp³-hybridized carbons (Fsp3) is 0.733. The lowest BCUT2D eigenvalue weighted by Gasteiger charge is -2.11. The molecule has 118 valence electrons. The molecule has 2 aliphatic carbocycles. The van der Waals surface area contributed by atoms with E-state index >= 15 is 0 Å². The SMILES string of the molecule is Cc1oc(CNC2CC2)cc1S(=O)(=O)NCC(C)C1CC1. The van der Waals surface area contributed by atoms with Crippen LogP contribution in [0.15, 0.2) is 15.4 Å². The van der Waals surface area contributed by atoms with Crippen molar-refractivity contribution in [3.05, 3.63) is 17.6 Å². The molecule has 0 spiro atoms. The number of hydrogen-bond donors (Lipinski definition) is 2. The van der Waals surface area contributed by atoms with E-state index in [-0.39, 0.29) is 4.90 Å². The van der Waals surface area contributed by atoms with Gasteiger partial charge in [0.05, 0.1) is 6.54 Å². The van der Waals surface area contributed by atoms with Crippen LogP contribution in [0.2, 0.25) is 0 Å². The largest absolute Gasteiger partial charge is 0.464 e. The van der Waals surface area contributed by atoms with Crippen LogP contribution in [0.4, 0.5) is 0 Å². The Labute approximate surface area is 126 Å². The van der Waals surface area contributed by atoms with Crippen LogP contribution in [0.3, 0.4) is 0 Å². The molecule has 0 saturated heterocycles. The van der Waals surface area contributed by atoms with Crippen molar-refractivity contribution in [2.75, 3.05) is 6.54 Å². The summed E-state index contributed by atoms with van der Waals surface area (Å²) in [7, 11) is -3.47. The van der Waals surface area contributed by atoms with Gasteiger partial charge in [-0.25, -0.2) is 13.1 Å². The monoisotopic (exact) mass is 312 g/mol. The van der Waals surface area contributed by atoms with Crippen molar-refractivity contribution in [3.63, 3.8) is 0 Å². The molecule has 5 nitrogen and oxygen atoms in total. The lowest BCUT2D eigenvalue weighted by molar-refractivity contribution is 0.455. The first-order chi connectivity index (χ1) is 9.95. The normalized spacial score (nSPS) is 20.7. The Morgan fingerprint density at radius 3 is 2.67 bits per heavy atom. The van der Waals surface area contributed by atoms with Crippen molar-refractivity contribution in [2.45, 2.75) is 57.0 Å². The smallest absolute Gasteiger partial charge is 0.244 e. The Hall–Kier alpha value is -0.850. The first-order valence-corrected chi connectivity index (χ1v) is 9.26. The molecule has 1 atom stereocenters. The summed E-state index contributed by atoms with van der Waals surface area (Å²) in [5.41, 5.74) is 0. The van der Waals surface area contributed by atoms with Gasteiger partial charge in [-0.2, -0.15) is 0 Å². The summed E-state index contributed by atoms with van der Waals surface area (Å²) < 4.78 is 33.0. The molecule has 1 aromatic heterocycles. The number of nitrogens with one attached hydrogen (secondary N) is 2. The predicted octanol–water partition coefficient (Wildman–Crippen LogP) is 2.16. The highest BCUT2D eigenvalue weighted by Crippen LogP contribution is 2.36. The highest BCUT2D eigenvalue weighted by Gasteiger charge is 2.30. The molecule has 0 aliphatic heterocycles. The number of sulfonamides is 1. The second-order valence-corrected chi connectivity index (χ2v) is 8.19. The summed E-state index contributed by atoms with van der Waals surface area (Å²) in [5.74, 6) is 2.25. The van der Waals surface area contributed by atoms with E-state index in [2.05, 4.69) is 17.0 Å². The van der Waals surface area contributed by atoms with Crippen LogP contribution in [0.25, 0.3) is 0 Å². The molecule has 3 rings (SSSR count). The Morgan fingerprint density at radius 2 is 2.05 bits per heavy atom. The van der Waals surface area contributed by atoms with Crippen molar-refractivity contribution < 1.29 is 12.8 Å². The van der Waals surface area contributed by atoms with Gasteiger partial charge in [-0.3, -0.25) is 0 Å². The summed E-state index contributed by atoms with van der Waals surface area (Å²) >= 11 is 0. The van der Waals surface area contributed by atoms with Crippen LogP contribution in [0.5, 0.6) is 0 Å². The quantitative estimate of drug-likeness (QED) is 0.771. The van der Waals surface area contributed by atoms with Crippen LogP contribution in [-0.4, -0.2) is 21.0 Å². The maximum absolute atomic E-state index is 12.4. The van der Waals surface area contributed by atoms with E-state index in [4.69, 9.17) is 4.42 Å². The third-order valence-corrected chi connectivity index (χ3v) is 5.91. The summed E-state index contributed by atoms with van der Waals surface area (Å²) in [6.45, 7) is 4.92. The molecule has 0 radical (unpaired) electrons. The average molecular weight is 312 g/mol. The molecule has 1 heterocycles. The van der Waals surface area contributed by atoms with Gasteiger partial charge in [-0.15, -0.1) is 0 Å². The van der Waals surface area contributed by atoms with Crippen LogP contribution in [-0.2, 0) is 16.6 Å². The van der Waals surface area contributed by atoms with Crippen LogP contribution < -0.4 is 10.0 Å². The molecule has 21 heavy (non-hydrogen) atoms. The number of aryl methyl sites for hydroxylation is 1. The van der Waals surface area contributed by atoms with Crippen LogP contribution >= 0.6 is 0 Å². The Kier molecular flexibility index (Phi) is 4.12. The molecule has 0 bridgehead atoms. The zero-order valence-electron chi connectivity index (χ0n) is 12.7. The zero-order chi connectivity index (χ0) is 15.0. The van der Waals surface area contributed by atoms with Gasteiger partial charge in [0.2, 0.25) is 10.0 Å². The Bertz CT molecular complexity index is 600. The van der Waals surface area contributed by atoms with Crippen molar-refractivity contribution in [3.8, 4) is 0 Å². The highest BCUT2D eigenvalue weighted by atomic mass is 32.2. The number of furan rings is 1. The lowest BCUT2D eigenvalue weighted by Crippen LogP contribution is -2.29. The summed E-state index contributed by atoms with van der Waals surface area (Å²) in [6.07, 6.45) is 4.85. The summed E-state index contributed by atoms with van der Waals surface area (Å²) in [4.78, 5) is 0.276. The molecule has 1 aromatic rings. The van der Waals surface area contributed by atoms with Gasteiger partial charge in [0.15, 0.2) is 0 Å². The minimum atomic E-state index is -3.47. The van der Waals surface area contributed by atoms with Gasteiger partial charge in [0.25, 0.3) is 0 Å². The van der Waals surface area contributed by atoms with Crippen LogP contribution in [0.1, 0.15) is 44.1 Å². The predicted molar refractivity (Wildman–Crippen MR) is 80.4 cm³/mol. The van der Waals surface area contributed by atoms with Crippen molar-refractivity contribution in [1.82, 2.24) is 10.0 Å². The van der Waals surface area contributed by atoms with Gasteiger partial charge in [-0.05, 0) is 44.4 Å². The fourth-order valence-corrected chi connectivity index (χ4v) is 3.91. The minimum absolute atomic E-state index is 0.276.